The fourth-order valence-electron chi connectivity index (χ4n) is 4.02. The van der Waals surface area contributed by atoms with E-state index in [1.807, 2.05) is 0 Å². The van der Waals surface area contributed by atoms with Crippen LogP contribution in [0.25, 0.3) is 0 Å². The third-order valence-corrected chi connectivity index (χ3v) is 4.46. The molecule has 104 valence electrons. The Hall–Kier alpha value is -1.59. The SMILES string of the molecule is CC(=O)O[C@H]1[C@@H]2C[C@@H](OC(C)=O)[C@H]1[C@@H]1COC(=O)[C@@H]12. The van der Waals surface area contributed by atoms with Crippen molar-refractivity contribution in [1.82, 2.24) is 0 Å². The predicted octanol–water partition coefficient (Wildman–Crippen LogP) is 0.289. The van der Waals surface area contributed by atoms with Crippen LogP contribution in [0.1, 0.15) is 20.3 Å². The number of esters is 3. The molecule has 19 heavy (non-hydrogen) atoms. The molecule has 0 spiro atoms. The topological polar surface area (TPSA) is 78.9 Å². The number of hydrogen-bond donors (Lipinski definition) is 0. The van der Waals surface area contributed by atoms with Gasteiger partial charge in [0.25, 0.3) is 0 Å². The molecule has 6 heteroatoms. The lowest BCUT2D eigenvalue weighted by molar-refractivity contribution is -0.155. The molecule has 0 aromatic heterocycles. The summed E-state index contributed by atoms with van der Waals surface area (Å²) in [6.07, 6.45) is -0.0364. The highest BCUT2D eigenvalue weighted by molar-refractivity contribution is 5.77. The first kappa shape index (κ1) is 12.4. The molecular weight excluding hydrogens is 252 g/mol. The molecule has 1 saturated heterocycles. The summed E-state index contributed by atoms with van der Waals surface area (Å²) < 4.78 is 15.7. The highest BCUT2D eigenvalue weighted by atomic mass is 16.6. The Balaban J connectivity index is 1.85. The van der Waals surface area contributed by atoms with Crippen LogP contribution in [0.4, 0.5) is 0 Å². The molecular formula is C13H16O6. The number of fused-ring (bicyclic) bond motifs is 5. The largest absolute Gasteiger partial charge is 0.465 e. The van der Waals surface area contributed by atoms with E-state index >= 15 is 0 Å². The van der Waals surface area contributed by atoms with Crippen molar-refractivity contribution in [3.8, 4) is 0 Å². The predicted molar refractivity (Wildman–Crippen MR) is 60.6 cm³/mol. The summed E-state index contributed by atoms with van der Waals surface area (Å²) in [7, 11) is 0. The second-order valence-electron chi connectivity index (χ2n) is 5.52. The summed E-state index contributed by atoms with van der Waals surface area (Å²) in [5.74, 6) is -1.33. The number of carbonyl (C=O) groups is 3. The van der Waals surface area contributed by atoms with Crippen LogP contribution >= 0.6 is 0 Å². The molecule has 0 aromatic rings. The van der Waals surface area contributed by atoms with Gasteiger partial charge in [-0.1, -0.05) is 0 Å². The van der Waals surface area contributed by atoms with Crippen molar-refractivity contribution in [2.45, 2.75) is 32.5 Å². The molecule has 2 saturated carbocycles. The molecule has 6 atom stereocenters. The van der Waals surface area contributed by atoms with Crippen LogP contribution < -0.4 is 0 Å². The van der Waals surface area contributed by atoms with Crippen molar-refractivity contribution in [3.05, 3.63) is 0 Å². The molecule has 0 radical (unpaired) electrons. The number of hydrogen-bond acceptors (Lipinski definition) is 6. The van der Waals surface area contributed by atoms with Crippen molar-refractivity contribution < 1.29 is 28.6 Å². The summed E-state index contributed by atoms with van der Waals surface area (Å²) >= 11 is 0. The number of carbonyl (C=O) groups excluding carboxylic acids is 3. The summed E-state index contributed by atoms with van der Waals surface area (Å²) in [4.78, 5) is 34.1. The summed E-state index contributed by atoms with van der Waals surface area (Å²) in [6.45, 7) is 3.05. The van der Waals surface area contributed by atoms with Gasteiger partial charge in [-0.15, -0.1) is 0 Å². The molecule has 0 N–H and O–H groups in total. The van der Waals surface area contributed by atoms with Crippen LogP contribution in [0.5, 0.6) is 0 Å². The lowest BCUT2D eigenvalue weighted by Gasteiger charge is -2.27. The van der Waals surface area contributed by atoms with Crippen LogP contribution in [-0.4, -0.2) is 36.7 Å². The minimum absolute atomic E-state index is 0.0000463. The number of rotatable bonds is 2. The third-order valence-electron chi connectivity index (χ3n) is 4.46. The highest BCUT2D eigenvalue weighted by Crippen LogP contribution is 2.57. The van der Waals surface area contributed by atoms with Gasteiger partial charge in [0.15, 0.2) is 0 Å². The highest BCUT2D eigenvalue weighted by Gasteiger charge is 2.66. The molecule has 3 fully saturated rings. The van der Waals surface area contributed by atoms with Gasteiger partial charge in [0.2, 0.25) is 0 Å². The average molecular weight is 268 g/mol. The molecule has 2 bridgehead atoms. The number of cyclic esters (lactones) is 1. The van der Waals surface area contributed by atoms with E-state index in [1.54, 1.807) is 0 Å². The van der Waals surface area contributed by atoms with Gasteiger partial charge in [-0.3, -0.25) is 14.4 Å². The van der Waals surface area contributed by atoms with E-state index in [-0.39, 0.29) is 53.8 Å². The van der Waals surface area contributed by atoms with Crippen molar-refractivity contribution in [1.29, 1.82) is 0 Å². The van der Waals surface area contributed by atoms with Gasteiger partial charge in [0.05, 0.1) is 12.5 Å². The lowest BCUT2D eigenvalue weighted by atomic mass is 9.80. The van der Waals surface area contributed by atoms with E-state index in [9.17, 15) is 14.4 Å². The van der Waals surface area contributed by atoms with Crippen LogP contribution in [0.3, 0.4) is 0 Å². The van der Waals surface area contributed by atoms with E-state index in [0.717, 1.165) is 0 Å². The van der Waals surface area contributed by atoms with Gasteiger partial charge in [0.1, 0.15) is 12.2 Å². The maximum absolute atomic E-state index is 11.7. The Morgan fingerprint density at radius 2 is 1.84 bits per heavy atom. The second kappa shape index (κ2) is 4.21. The van der Waals surface area contributed by atoms with E-state index in [1.165, 1.54) is 13.8 Å². The molecule has 2 aliphatic carbocycles. The standard InChI is InChI=1S/C13H16O6/c1-5(14)18-9-3-7-10-8(4-17-13(10)16)11(9)12(7)19-6(2)15/h7-12H,3-4H2,1-2H3/t7-,8-,9-,10-,11-,12+/m1/s1. The maximum Gasteiger partial charge on any atom is 0.309 e. The summed E-state index contributed by atoms with van der Waals surface area (Å²) in [5, 5.41) is 0. The van der Waals surface area contributed by atoms with E-state index < -0.39 is 0 Å². The normalized spacial score (nSPS) is 42.7. The molecule has 0 amide bonds. The molecule has 6 nitrogen and oxygen atoms in total. The lowest BCUT2D eigenvalue weighted by Crippen LogP contribution is -2.35. The first-order valence-corrected chi connectivity index (χ1v) is 6.50. The first-order valence-electron chi connectivity index (χ1n) is 6.50. The first-order chi connectivity index (χ1) is 8.99. The van der Waals surface area contributed by atoms with Crippen LogP contribution in [0.15, 0.2) is 0 Å². The minimum atomic E-state index is -0.364. The van der Waals surface area contributed by atoms with Crippen molar-refractivity contribution in [3.63, 3.8) is 0 Å². The van der Waals surface area contributed by atoms with Gasteiger partial charge >= 0.3 is 17.9 Å². The zero-order chi connectivity index (χ0) is 13.7. The van der Waals surface area contributed by atoms with Gasteiger partial charge in [0, 0.05) is 31.6 Å². The van der Waals surface area contributed by atoms with Crippen molar-refractivity contribution in [2.75, 3.05) is 6.61 Å². The molecule has 3 rings (SSSR count). The Labute approximate surface area is 110 Å². The van der Waals surface area contributed by atoms with E-state index in [0.29, 0.717) is 13.0 Å². The van der Waals surface area contributed by atoms with Crippen molar-refractivity contribution in [2.24, 2.45) is 23.7 Å². The summed E-state index contributed by atoms with van der Waals surface area (Å²) in [6, 6.07) is 0. The average Bonchev–Trinajstić information content (AvgIpc) is 2.89. The second-order valence-corrected chi connectivity index (χ2v) is 5.52. The van der Waals surface area contributed by atoms with Gasteiger partial charge in [-0.2, -0.15) is 0 Å². The smallest absolute Gasteiger partial charge is 0.309 e. The fourth-order valence-corrected chi connectivity index (χ4v) is 4.02. The molecule has 1 aliphatic heterocycles. The van der Waals surface area contributed by atoms with Gasteiger partial charge < -0.3 is 14.2 Å². The van der Waals surface area contributed by atoms with Crippen LogP contribution in [-0.2, 0) is 28.6 Å². The Morgan fingerprint density at radius 3 is 2.47 bits per heavy atom. The maximum atomic E-state index is 11.7. The molecule has 3 aliphatic rings. The quantitative estimate of drug-likeness (QED) is 0.529. The van der Waals surface area contributed by atoms with Gasteiger partial charge in [-0.25, -0.2) is 0 Å². The van der Waals surface area contributed by atoms with E-state index in [4.69, 9.17) is 14.2 Å². The van der Waals surface area contributed by atoms with Crippen LogP contribution in [0.2, 0.25) is 0 Å². The molecule has 0 unspecified atom stereocenters. The van der Waals surface area contributed by atoms with Crippen LogP contribution in [0, 0.1) is 23.7 Å². The van der Waals surface area contributed by atoms with E-state index in [2.05, 4.69) is 0 Å². The number of ether oxygens (including phenoxy) is 3. The Morgan fingerprint density at radius 1 is 1.16 bits per heavy atom. The Bertz CT molecular complexity index is 444. The molecule has 0 aromatic carbocycles. The fraction of sp³-hybridized carbons (Fsp3) is 0.769. The monoisotopic (exact) mass is 268 g/mol. The summed E-state index contributed by atoms with van der Waals surface area (Å²) in [5.41, 5.74) is 0. The zero-order valence-corrected chi connectivity index (χ0v) is 10.8. The zero-order valence-electron chi connectivity index (χ0n) is 10.8. The molecule has 1 heterocycles. The van der Waals surface area contributed by atoms with Gasteiger partial charge in [-0.05, 0) is 6.42 Å². The van der Waals surface area contributed by atoms with Crippen molar-refractivity contribution >= 4 is 17.9 Å². The third kappa shape index (κ3) is 1.81. The Kier molecular flexibility index (Phi) is 2.76. The minimum Gasteiger partial charge on any atom is -0.465 e.